The van der Waals surface area contributed by atoms with Gasteiger partial charge in [0.15, 0.2) is 0 Å². The van der Waals surface area contributed by atoms with Gasteiger partial charge in [-0.1, -0.05) is 0 Å². The summed E-state index contributed by atoms with van der Waals surface area (Å²) < 4.78 is 25.2. The second-order valence-corrected chi connectivity index (χ2v) is 6.35. The van der Waals surface area contributed by atoms with Crippen molar-refractivity contribution in [3.63, 3.8) is 0 Å². The zero-order valence-corrected chi connectivity index (χ0v) is 9.53. The van der Waals surface area contributed by atoms with Crippen LogP contribution >= 0.6 is 0 Å². The lowest BCUT2D eigenvalue weighted by molar-refractivity contribution is 0.424. The highest BCUT2D eigenvalue weighted by molar-refractivity contribution is 7.89. The Morgan fingerprint density at radius 3 is 2.73 bits per heavy atom. The second-order valence-electron chi connectivity index (χ2n) is 3.86. The summed E-state index contributed by atoms with van der Waals surface area (Å²) in [5.41, 5.74) is 1.72. The molecule has 1 aliphatic heterocycles. The first-order chi connectivity index (χ1) is 7.01. The van der Waals surface area contributed by atoms with Crippen molar-refractivity contribution in [2.45, 2.75) is 32.2 Å². The maximum absolute atomic E-state index is 11.9. The molecule has 0 saturated carbocycles. The highest BCUT2D eigenvalue weighted by Gasteiger charge is 2.31. The maximum Gasteiger partial charge on any atom is 0.217 e. The number of sulfonamides is 1. The molecule has 5 nitrogen and oxygen atoms in total. The minimum atomic E-state index is -3.18. The van der Waals surface area contributed by atoms with Crippen LogP contribution in [-0.2, 0) is 23.1 Å². The zero-order chi connectivity index (χ0) is 11.1. The molecule has 2 rings (SSSR count). The lowest BCUT2D eigenvalue weighted by Gasteiger charge is -2.17. The van der Waals surface area contributed by atoms with Crippen LogP contribution in [0.25, 0.3) is 0 Å². The van der Waals surface area contributed by atoms with Gasteiger partial charge in [-0.2, -0.15) is 4.31 Å². The number of hydrogen-bond donors (Lipinski definition) is 0. The van der Waals surface area contributed by atoms with Gasteiger partial charge in [-0.25, -0.2) is 18.4 Å². The van der Waals surface area contributed by atoms with Crippen LogP contribution in [0, 0.1) is 0 Å². The van der Waals surface area contributed by atoms with Gasteiger partial charge < -0.3 is 0 Å². The molecule has 0 bridgehead atoms. The van der Waals surface area contributed by atoms with Gasteiger partial charge in [0.2, 0.25) is 10.0 Å². The fourth-order valence-corrected chi connectivity index (χ4v) is 2.77. The Labute approximate surface area is 89.2 Å². The number of fused-ring (bicyclic) bond motifs is 1. The smallest absolute Gasteiger partial charge is 0.217 e. The van der Waals surface area contributed by atoms with E-state index in [1.54, 1.807) is 20.0 Å². The van der Waals surface area contributed by atoms with Gasteiger partial charge in [-0.15, -0.1) is 0 Å². The summed E-state index contributed by atoms with van der Waals surface area (Å²) in [6.07, 6.45) is 3.13. The maximum atomic E-state index is 11.9. The van der Waals surface area contributed by atoms with Crippen molar-refractivity contribution in [3.8, 4) is 0 Å². The molecule has 0 unspecified atom stereocenters. The van der Waals surface area contributed by atoms with Crippen LogP contribution in [0.1, 0.15) is 25.1 Å². The molecule has 1 aromatic rings. The molecule has 0 aliphatic carbocycles. The van der Waals surface area contributed by atoms with Crippen molar-refractivity contribution in [1.29, 1.82) is 0 Å². The first-order valence-corrected chi connectivity index (χ1v) is 6.29. The molecular formula is C9H13N3O2S. The molecule has 6 heteroatoms. The standard InChI is InChI=1S/C9H13N3O2S/c1-7(2)15(13,14)12-4-8-3-10-6-11-9(8)5-12/h3,6-7H,4-5H2,1-2H3. The predicted octanol–water partition coefficient (Wildman–Crippen LogP) is 0.530. The van der Waals surface area contributed by atoms with Crippen molar-refractivity contribution < 1.29 is 8.42 Å². The molecule has 0 saturated heterocycles. The normalized spacial score (nSPS) is 17.0. The predicted molar refractivity (Wildman–Crippen MR) is 55.3 cm³/mol. The molecule has 1 aliphatic rings. The Bertz CT molecular complexity index is 445. The van der Waals surface area contributed by atoms with Gasteiger partial charge in [0.1, 0.15) is 6.33 Å². The Morgan fingerprint density at radius 1 is 1.40 bits per heavy atom. The van der Waals surface area contributed by atoms with E-state index in [9.17, 15) is 8.42 Å². The van der Waals surface area contributed by atoms with Crippen molar-refractivity contribution in [2.75, 3.05) is 0 Å². The van der Waals surface area contributed by atoms with Crippen LogP contribution in [0.5, 0.6) is 0 Å². The third-order valence-electron chi connectivity index (χ3n) is 2.51. The number of rotatable bonds is 2. The molecule has 0 N–H and O–H groups in total. The fraction of sp³-hybridized carbons (Fsp3) is 0.556. The van der Waals surface area contributed by atoms with E-state index in [1.165, 1.54) is 10.6 Å². The summed E-state index contributed by atoms with van der Waals surface area (Å²) in [6, 6.07) is 0. The van der Waals surface area contributed by atoms with E-state index in [0.717, 1.165) is 11.3 Å². The van der Waals surface area contributed by atoms with Crippen molar-refractivity contribution >= 4 is 10.0 Å². The van der Waals surface area contributed by atoms with E-state index in [4.69, 9.17) is 0 Å². The monoisotopic (exact) mass is 227 g/mol. The fourth-order valence-electron chi connectivity index (χ4n) is 1.55. The highest BCUT2D eigenvalue weighted by Crippen LogP contribution is 2.24. The number of aromatic nitrogens is 2. The molecule has 82 valence electrons. The van der Waals surface area contributed by atoms with Gasteiger partial charge in [0.05, 0.1) is 17.5 Å². The Balaban J connectivity index is 2.28. The van der Waals surface area contributed by atoms with Gasteiger partial charge in [0.25, 0.3) is 0 Å². The molecule has 0 amide bonds. The largest absolute Gasteiger partial charge is 0.244 e. The van der Waals surface area contributed by atoms with Crippen LogP contribution in [0.15, 0.2) is 12.5 Å². The van der Waals surface area contributed by atoms with Crippen molar-refractivity contribution in [2.24, 2.45) is 0 Å². The van der Waals surface area contributed by atoms with Gasteiger partial charge in [-0.05, 0) is 13.8 Å². The lowest BCUT2D eigenvalue weighted by Crippen LogP contribution is -2.32. The minimum Gasteiger partial charge on any atom is -0.244 e. The van der Waals surface area contributed by atoms with Crippen LogP contribution in [0.3, 0.4) is 0 Å². The zero-order valence-electron chi connectivity index (χ0n) is 8.71. The van der Waals surface area contributed by atoms with E-state index in [2.05, 4.69) is 9.97 Å². The van der Waals surface area contributed by atoms with Crippen LogP contribution in [0.4, 0.5) is 0 Å². The molecule has 0 atom stereocenters. The molecule has 1 aromatic heterocycles. The van der Waals surface area contributed by atoms with Crippen molar-refractivity contribution in [1.82, 2.24) is 14.3 Å². The molecule has 2 heterocycles. The first-order valence-electron chi connectivity index (χ1n) is 4.78. The average Bonchev–Trinajstić information content (AvgIpc) is 2.61. The SMILES string of the molecule is CC(C)S(=O)(=O)N1Cc2cncnc2C1. The molecular weight excluding hydrogens is 214 g/mol. The van der Waals surface area contributed by atoms with Crippen molar-refractivity contribution in [3.05, 3.63) is 23.8 Å². The number of nitrogens with zero attached hydrogens (tertiary/aromatic N) is 3. The molecule has 0 spiro atoms. The summed E-state index contributed by atoms with van der Waals surface area (Å²) in [4.78, 5) is 7.95. The highest BCUT2D eigenvalue weighted by atomic mass is 32.2. The van der Waals surface area contributed by atoms with Crippen LogP contribution < -0.4 is 0 Å². The molecule has 0 fully saturated rings. The summed E-state index contributed by atoms with van der Waals surface area (Å²) >= 11 is 0. The summed E-state index contributed by atoms with van der Waals surface area (Å²) in [7, 11) is -3.18. The Kier molecular flexibility index (Phi) is 2.47. The Hall–Kier alpha value is -1.01. The quantitative estimate of drug-likeness (QED) is 0.739. The second kappa shape index (κ2) is 3.53. The van der Waals surface area contributed by atoms with Crippen LogP contribution in [0.2, 0.25) is 0 Å². The summed E-state index contributed by atoms with van der Waals surface area (Å²) in [6.45, 7) is 4.14. The van der Waals surface area contributed by atoms with E-state index in [0.29, 0.717) is 13.1 Å². The third-order valence-corrected chi connectivity index (χ3v) is 4.68. The third kappa shape index (κ3) is 1.74. The molecule has 15 heavy (non-hydrogen) atoms. The lowest BCUT2D eigenvalue weighted by atomic mass is 10.3. The summed E-state index contributed by atoms with van der Waals surface area (Å²) in [5, 5.41) is -0.389. The summed E-state index contributed by atoms with van der Waals surface area (Å²) in [5.74, 6) is 0. The molecule has 0 aromatic carbocycles. The van der Waals surface area contributed by atoms with E-state index < -0.39 is 10.0 Å². The van der Waals surface area contributed by atoms with Gasteiger partial charge >= 0.3 is 0 Å². The van der Waals surface area contributed by atoms with Crippen LogP contribution in [-0.4, -0.2) is 27.9 Å². The van der Waals surface area contributed by atoms with Gasteiger partial charge in [-0.3, -0.25) is 0 Å². The minimum absolute atomic E-state index is 0.373. The average molecular weight is 227 g/mol. The van der Waals surface area contributed by atoms with E-state index >= 15 is 0 Å². The molecule has 0 radical (unpaired) electrons. The van der Waals surface area contributed by atoms with E-state index in [1.807, 2.05) is 0 Å². The Morgan fingerprint density at radius 2 is 2.13 bits per heavy atom. The van der Waals surface area contributed by atoms with Gasteiger partial charge in [0, 0.05) is 18.3 Å². The number of hydrogen-bond acceptors (Lipinski definition) is 4. The van der Waals surface area contributed by atoms with E-state index in [-0.39, 0.29) is 5.25 Å². The topological polar surface area (TPSA) is 63.2 Å². The first kappa shape index (κ1) is 10.5.